The van der Waals surface area contributed by atoms with Crippen molar-refractivity contribution in [2.24, 2.45) is 5.41 Å². The summed E-state index contributed by atoms with van der Waals surface area (Å²) in [4.78, 5) is 56.7. The molecule has 4 aromatic heterocycles. The third-order valence-electron chi connectivity index (χ3n) is 12.1. The summed E-state index contributed by atoms with van der Waals surface area (Å²) in [5.41, 5.74) is 7.82. The van der Waals surface area contributed by atoms with Gasteiger partial charge in [-0.3, -0.25) is 23.7 Å². The number of ether oxygens (including phenoxy) is 2. The van der Waals surface area contributed by atoms with E-state index in [4.69, 9.17) is 13.9 Å². The molecule has 67 heavy (non-hydrogen) atoms. The maximum Gasteiger partial charge on any atom is 0.246 e. The molecular weight excluding hydrogens is 875 g/mol. The lowest BCUT2D eigenvalue weighted by atomic mass is 9.85. The normalized spacial score (nSPS) is 17.2. The molecule has 2 fully saturated rings. The number of amides is 3. The van der Waals surface area contributed by atoms with Gasteiger partial charge in [-0.25, -0.2) is 9.97 Å². The number of aryl methyl sites for hydroxylation is 1. The quantitative estimate of drug-likeness (QED) is 0.0833. The van der Waals surface area contributed by atoms with E-state index in [9.17, 15) is 19.5 Å². The number of carbonyl (C=O) groups is 3. The van der Waals surface area contributed by atoms with Gasteiger partial charge in [0.15, 0.2) is 5.65 Å². The Bertz CT molecular complexity index is 2570. The number of hydrogen-bond acceptors (Lipinski definition) is 15. The minimum absolute atomic E-state index is 0.00345. The fraction of sp³-hybridized carbons (Fsp3) is 0.438. The van der Waals surface area contributed by atoms with Crippen molar-refractivity contribution in [2.45, 2.75) is 65.4 Å². The molecule has 8 rings (SSSR count). The molecule has 354 valence electrons. The first kappa shape index (κ1) is 47.3. The fourth-order valence-corrected chi connectivity index (χ4v) is 9.19. The minimum Gasteiger partial charge on any atom is -0.467 e. The van der Waals surface area contributed by atoms with Crippen LogP contribution in [-0.4, -0.2) is 141 Å². The smallest absolute Gasteiger partial charge is 0.246 e. The van der Waals surface area contributed by atoms with E-state index < -0.39 is 35.4 Å². The molecule has 2 aliphatic heterocycles. The fourth-order valence-electron chi connectivity index (χ4n) is 8.38. The largest absolute Gasteiger partial charge is 0.467 e. The van der Waals surface area contributed by atoms with Crippen molar-refractivity contribution in [3.05, 3.63) is 102 Å². The molecule has 4 N–H and O–H groups in total. The highest BCUT2D eigenvalue weighted by molar-refractivity contribution is 7.13. The topological polar surface area (TPSA) is 205 Å². The number of fused-ring (bicyclic) bond motifs is 1. The van der Waals surface area contributed by atoms with Crippen LogP contribution in [0.15, 0.2) is 89.4 Å². The van der Waals surface area contributed by atoms with Crippen molar-refractivity contribution in [1.29, 1.82) is 0 Å². The molecule has 19 heteroatoms. The van der Waals surface area contributed by atoms with Gasteiger partial charge in [0.2, 0.25) is 23.7 Å². The van der Waals surface area contributed by atoms with Crippen molar-refractivity contribution in [1.82, 2.24) is 45.0 Å². The van der Waals surface area contributed by atoms with Gasteiger partial charge in [0, 0.05) is 69.7 Å². The van der Waals surface area contributed by atoms with Crippen molar-refractivity contribution >= 4 is 46.3 Å². The lowest BCUT2D eigenvalue weighted by Gasteiger charge is -2.36. The number of aliphatic hydroxyl groups excluding tert-OH is 1. The molecule has 0 spiro atoms. The van der Waals surface area contributed by atoms with E-state index in [-0.39, 0.29) is 38.6 Å². The van der Waals surface area contributed by atoms with Crippen molar-refractivity contribution in [3.8, 4) is 21.6 Å². The molecule has 2 saturated heterocycles. The number of hydrogen-bond donors (Lipinski definition) is 4. The van der Waals surface area contributed by atoms with E-state index in [1.165, 1.54) is 4.90 Å². The van der Waals surface area contributed by atoms with Crippen LogP contribution in [0.5, 0.6) is 0 Å². The van der Waals surface area contributed by atoms with Gasteiger partial charge in [0.25, 0.3) is 0 Å². The first-order chi connectivity index (χ1) is 32.4. The van der Waals surface area contributed by atoms with Gasteiger partial charge in [-0.2, -0.15) is 0 Å². The van der Waals surface area contributed by atoms with E-state index in [0.717, 1.165) is 77.0 Å². The number of benzene rings is 2. The number of nitrogens with one attached hydrogen (secondary N) is 3. The van der Waals surface area contributed by atoms with Crippen LogP contribution in [-0.2, 0) is 36.9 Å². The predicted octanol–water partition coefficient (Wildman–Crippen LogP) is 4.39. The van der Waals surface area contributed by atoms with Crippen LogP contribution in [0.4, 0.5) is 11.6 Å². The highest BCUT2D eigenvalue weighted by Gasteiger charge is 2.44. The molecule has 0 aliphatic carbocycles. The molecule has 3 amide bonds. The number of aromatic nitrogens is 5. The molecule has 0 bridgehead atoms. The Hall–Kier alpha value is -6.25. The molecule has 0 radical (unpaired) electrons. The molecule has 3 atom stereocenters. The summed E-state index contributed by atoms with van der Waals surface area (Å²) in [6.07, 6.45) is 4.36. The van der Waals surface area contributed by atoms with Crippen LogP contribution >= 0.6 is 11.3 Å². The van der Waals surface area contributed by atoms with Crippen LogP contribution in [0, 0.1) is 12.3 Å². The molecule has 2 aromatic carbocycles. The Kier molecular flexibility index (Phi) is 15.2. The summed E-state index contributed by atoms with van der Waals surface area (Å²) >= 11 is 1.58. The summed E-state index contributed by atoms with van der Waals surface area (Å²) in [7, 11) is 0. The zero-order valence-electron chi connectivity index (χ0n) is 38.4. The number of anilines is 2. The first-order valence-electron chi connectivity index (χ1n) is 22.6. The SMILES string of the molecule is Cc1ncsc1-c1ccc(CNC(=O)[C@@H]2C[C@@H](O)CN2C(=O)[C@@H](NC(=O)COCCOCCN2CCN(c3ccc(-c4cnc(NCc5ccco5)n5cnnc45)cc3)CC2)C(C)(C)C)cc1. The van der Waals surface area contributed by atoms with E-state index in [2.05, 4.69) is 70.2 Å². The van der Waals surface area contributed by atoms with E-state index in [1.54, 1.807) is 23.9 Å². The van der Waals surface area contributed by atoms with Gasteiger partial charge in [-0.05, 0) is 53.3 Å². The maximum absolute atomic E-state index is 14.0. The lowest BCUT2D eigenvalue weighted by molar-refractivity contribution is -0.144. The van der Waals surface area contributed by atoms with Crippen LogP contribution in [0.1, 0.15) is 44.2 Å². The second-order valence-electron chi connectivity index (χ2n) is 17.9. The summed E-state index contributed by atoms with van der Waals surface area (Å²) in [5.74, 6) is 0.201. The standard InChI is InChI=1S/C48H59N11O7S/c1-32-42(67-31-52-32)35-9-7-33(8-10-35)25-49-45(62)40-24-37(60)28-58(40)46(63)43(48(2,3)4)54-41(61)29-65-23-22-64-21-19-56-15-17-57(18-16-56)36-13-11-34(12-14-36)39-27-51-47(59-30-53-55-44(39)59)50-26-38-6-5-20-66-38/h5-14,20,27,30-31,37,40,43,60H,15-19,21-26,28-29H2,1-4H3,(H,49,62)(H,50,51)(H,54,61)/t37-,40+,43-/m1/s1. The number of furan rings is 1. The van der Waals surface area contributed by atoms with E-state index in [1.807, 2.05) is 80.2 Å². The second-order valence-corrected chi connectivity index (χ2v) is 18.8. The Morgan fingerprint density at radius 3 is 2.42 bits per heavy atom. The van der Waals surface area contributed by atoms with Crippen molar-refractivity contribution in [3.63, 3.8) is 0 Å². The van der Waals surface area contributed by atoms with Crippen LogP contribution in [0.25, 0.3) is 27.2 Å². The molecule has 2 aliphatic rings. The summed E-state index contributed by atoms with van der Waals surface area (Å²) in [6, 6.07) is 18.3. The molecule has 18 nitrogen and oxygen atoms in total. The number of rotatable bonds is 19. The summed E-state index contributed by atoms with van der Waals surface area (Å²) in [5, 5.41) is 28.1. The second kappa shape index (κ2) is 21.6. The van der Waals surface area contributed by atoms with Gasteiger partial charge >= 0.3 is 0 Å². The molecular formula is C48H59N11O7S. The number of β-amino-alcohol motifs (C(OH)–C–C–N with tert-alkyl or cyclic N) is 1. The molecule has 6 heterocycles. The van der Waals surface area contributed by atoms with Gasteiger partial charge in [0.05, 0.1) is 54.8 Å². The number of likely N-dealkylation sites (tertiary alicyclic amines) is 1. The Labute approximate surface area is 393 Å². The van der Waals surface area contributed by atoms with E-state index >= 15 is 0 Å². The minimum atomic E-state index is -0.947. The number of aliphatic hydroxyl groups is 1. The Balaban J connectivity index is 0.721. The van der Waals surface area contributed by atoms with Gasteiger partial charge in [0.1, 0.15) is 30.8 Å². The number of carbonyl (C=O) groups excluding carboxylic acids is 3. The average Bonchev–Trinajstić information content (AvgIpc) is 4.18. The lowest BCUT2D eigenvalue weighted by Crippen LogP contribution is -2.58. The number of piperazine rings is 1. The van der Waals surface area contributed by atoms with Crippen LogP contribution in [0.3, 0.4) is 0 Å². The van der Waals surface area contributed by atoms with Crippen molar-refractivity contribution < 1.29 is 33.4 Å². The van der Waals surface area contributed by atoms with Gasteiger partial charge in [-0.1, -0.05) is 57.2 Å². The highest BCUT2D eigenvalue weighted by Crippen LogP contribution is 2.30. The third kappa shape index (κ3) is 11.8. The predicted molar refractivity (Wildman–Crippen MR) is 254 cm³/mol. The van der Waals surface area contributed by atoms with Crippen LogP contribution < -0.4 is 20.9 Å². The highest BCUT2D eigenvalue weighted by atomic mass is 32.1. The zero-order valence-corrected chi connectivity index (χ0v) is 39.2. The Morgan fingerprint density at radius 1 is 0.940 bits per heavy atom. The first-order valence-corrected chi connectivity index (χ1v) is 23.5. The maximum atomic E-state index is 14.0. The zero-order chi connectivity index (χ0) is 46.9. The molecule has 0 unspecified atom stereocenters. The number of nitrogens with zero attached hydrogens (tertiary/aromatic N) is 8. The van der Waals surface area contributed by atoms with Gasteiger partial charge < -0.3 is 44.7 Å². The average molecular weight is 934 g/mol. The number of thiazole rings is 1. The summed E-state index contributed by atoms with van der Waals surface area (Å²) < 4.78 is 18.7. The molecule has 0 saturated carbocycles. The Morgan fingerprint density at radius 2 is 1.70 bits per heavy atom. The van der Waals surface area contributed by atoms with E-state index in [0.29, 0.717) is 31.4 Å². The molecule has 6 aromatic rings. The van der Waals surface area contributed by atoms with Crippen LogP contribution in [0.2, 0.25) is 0 Å². The van der Waals surface area contributed by atoms with Gasteiger partial charge in [-0.15, -0.1) is 21.5 Å². The van der Waals surface area contributed by atoms with Crippen molar-refractivity contribution in [2.75, 3.05) is 75.9 Å². The third-order valence-corrected chi connectivity index (χ3v) is 13.1. The monoisotopic (exact) mass is 933 g/mol. The summed E-state index contributed by atoms with van der Waals surface area (Å²) in [6.45, 7) is 13.4.